The molecular formula is C15H29N3O3. The lowest BCUT2D eigenvalue weighted by atomic mass is 10.2. The SMILES string of the molecule is CCCNC(C)c1cnn(CCOCCOCCOC)c1. The molecule has 1 aromatic rings. The summed E-state index contributed by atoms with van der Waals surface area (Å²) in [6.45, 7) is 9.20. The molecule has 1 atom stereocenters. The van der Waals surface area contributed by atoms with Crippen LogP contribution >= 0.6 is 0 Å². The first kappa shape index (κ1) is 18.1. The number of rotatable bonds is 13. The maximum Gasteiger partial charge on any atom is 0.0701 e. The van der Waals surface area contributed by atoms with Crippen LogP contribution in [0.15, 0.2) is 12.4 Å². The van der Waals surface area contributed by atoms with Crippen LogP contribution in [0.5, 0.6) is 0 Å². The molecule has 0 saturated heterocycles. The second-order valence-corrected chi connectivity index (χ2v) is 4.93. The van der Waals surface area contributed by atoms with Crippen LogP contribution in [0, 0.1) is 0 Å². The van der Waals surface area contributed by atoms with Crippen molar-refractivity contribution in [3.05, 3.63) is 18.0 Å². The van der Waals surface area contributed by atoms with Crippen molar-refractivity contribution in [2.45, 2.75) is 32.9 Å². The fraction of sp³-hybridized carbons (Fsp3) is 0.800. The van der Waals surface area contributed by atoms with Gasteiger partial charge in [0.25, 0.3) is 0 Å². The molecule has 0 spiro atoms. The lowest BCUT2D eigenvalue weighted by Gasteiger charge is -2.10. The average Bonchev–Trinajstić information content (AvgIpc) is 2.96. The summed E-state index contributed by atoms with van der Waals surface area (Å²) >= 11 is 0. The second kappa shape index (κ2) is 11.7. The Hall–Kier alpha value is -0.950. The highest BCUT2D eigenvalue weighted by Crippen LogP contribution is 2.10. The molecular weight excluding hydrogens is 270 g/mol. The molecule has 0 aliphatic heterocycles. The van der Waals surface area contributed by atoms with Crippen LogP contribution in [0.25, 0.3) is 0 Å². The Morgan fingerprint density at radius 1 is 1.19 bits per heavy atom. The molecule has 6 heteroatoms. The van der Waals surface area contributed by atoms with Gasteiger partial charge in [-0.2, -0.15) is 5.10 Å². The van der Waals surface area contributed by atoms with Gasteiger partial charge >= 0.3 is 0 Å². The van der Waals surface area contributed by atoms with E-state index in [1.165, 1.54) is 5.56 Å². The number of nitrogens with zero attached hydrogens (tertiary/aromatic N) is 2. The van der Waals surface area contributed by atoms with Gasteiger partial charge in [-0.3, -0.25) is 4.68 Å². The molecule has 0 aromatic carbocycles. The van der Waals surface area contributed by atoms with Crippen molar-refractivity contribution in [3.63, 3.8) is 0 Å². The van der Waals surface area contributed by atoms with E-state index < -0.39 is 0 Å². The van der Waals surface area contributed by atoms with Gasteiger partial charge in [0.1, 0.15) is 0 Å². The van der Waals surface area contributed by atoms with E-state index in [-0.39, 0.29) is 0 Å². The first-order valence-corrected chi connectivity index (χ1v) is 7.68. The van der Waals surface area contributed by atoms with Gasteiger partial charge in [0.05, 0.1) is 45.8 Å². The maximum atomic E-state index is 5.51. The minimum Gasteiger partial charge on any atom is -0.382 e. The van der Waals surface area contributed by atoms with Crippen molar-refractivity contribution in [3.8, 4) is 0 Å². The zero-order valence-corrected chi connectivity index (χ0v) is 13.5. The average molecular weight is 299 g/mol. The highest BCUT2D eigenvalue weighted by molar-refractivity contribution is 5.09. The Kier molecular flexibility index (Phi) is 10.1. The molecule has 0 aliphatic rings. The predicted molar refractivity (Wildman–Crippen MR) is 82.4 cm³/mol. The van der Waals surface area contributed by atoms with Gasteiger partial charge < -0.3 is 19.5 Å². The summed E-state index contributed by atoms with van der Waals surface area (Å²) in [5, 5.41) is 7.80. The van der Waals surface area contributed by atoms with E-state index in [0.717, 1.165) is 19.5 Å². The van der Waals surface area contributed by atoms with E-state index in [2.05, 4.69) is 30.5 Å². The van der Waals surface area contributed by atoms with Gasteiger partial charge in [0, 0.05) is 24.9 Å². The van der Waals surface area contributed by atoms with Gasteiger partial charge in [-0.25, -0.2) is 0 Å². The molecule has 6 nitrogen and oxygen atoms in total. The third kappa shape index (κ3) is 8.16. The molecule has 1 unspecified atom stereocenters. The number of methoxy groups -OCH3 is 1. The molecule has 0 saturated carbocycles. The van der Waals surface area contributed by atoms with E-state index in [1.807, 2.05) is 10.9 Å². The van der Waals surface area contributed by atoms with Gasteiger partial charge in [-0.05, 0) is 19.9 Å². The maximum absolute atomic E-state index is 5.51. The normalized spacial score (nSPS) is 12.7. The molecule has 122 valence electrons. The summed E-state index contributed by atoms with van der Waals surface area (Å²) in [6, 6.07) is 0.341. The van der Waals surface area contributed by atoms with Crippen molar-refractivity contribution in [1.29, 1.82) is 0 Å². The topological polar surface area (TPSA) is 57.5 Å². The Bertz CT molecular complexity index is 358. The van der Waals surface area contributed by atoms with Crippen molar-refractivity contribution >= 4 is 0 Å². The molecule has 1 rings (SSSR count). The highest BCUT2D eigenvalue weighted by atomic mass is 16.5. The van der Waals surface area contributed by atoms with E-state index in [4.69, 9.17) is 14.2 Å². The van der Waals surface area contributed by atoms with Crippen LogP contribution in [0.3, 0.4) is 0 Å². The summed E-state index contributed by atoms with van der Waals surface area (Å²) in [7, 11) is 1.66. The van der Waals surface area contributed by atoms with Crippen molar-refractivity contribution in [1.82, 2.24) is 15.1 Å². The molecule has 1 aromatic heterocycles. The Balaban J connectivity index is 2.09. The standard InChI is InChI=1S/C15H29N3O3/c1-4-5-16-14(2)15-12-17-18(13-15)6-7-20-10-11-21-9-8-19-3/h12-14,16H,4-11H2,1-3H3. The van der Waals surface area contributed by atoms with Crippen molar-refractivity contribution in [2.75, 3.05) is 46.7 Å². The molecule has 1 heterocycles. The fourth-order valence-corrected chi connectivity index (χ4v) is 1.83. The number of nitrogens with one attached hydrogen (secondary N) is 1. The smallest absolute Gasteiger partial charge is 0.0701 e. The molecule has 0 amide bonds. The van der Waals surface area contributed by atoms with Crippen LogP contribution in [0.1, 0.15) is 31.9 Å². The third-order valence-electron chi connectivity index (χ3n) is 3.12. The zero-order valence-electron chi connectivity index (χ0n) is 13.5. The summed E-state index contributed by atoms with van der Waals surface area (Å²) in [6.07, 6.45) is 5.13. The quantitative estimate of drug-likeness (QED) is 0.561. The van der Waals surface area contributed by atoms with Gasteiger partial charge in [-0.15, -0.1) is 0 Å². The molecule has 0 fully saturated rings. The number of ether oxygens (including phenoxy) is 3. The van der Waals surface area contributed by atoms with E-state index >= 15 is 0 Å². The van der Waals surface area contributed by atoms with Crippen LogP contribution in [0.2, 0.25) is 0 Å². The highest BCUT2D eigenvalue weighted by Gasteiger charge is 2.06. The summed E-state index contributed by atoms with van der Waals surface area (Å²) in [5.74, 6) is 0. The van der Waals surface area contributed by atoms with Gasteiger partial charge in [-0.1, -0.05) is 6.92 Å². The molecule has 1 N–H and O–H groups in total. The summed E-state index contributed by atoms with van der Waals surface area (Å²) < 4.78 is 17.6. The molecule has 21 heavy (non-hydrogen) atoms. The van der Waals surface area contributed by atoms with Crippen molar-refractivity contribution < 1.29 is 14.2 Å². The molecule has 0 aliphatic carbocycles. The van der Waals surface area contributed by atoms with E-state index in [9.17, 15) is 0 Å². The molecule has 0 radical (unpaired) electrons. The number of aromatic nitrogens is 2. The van der Waals surface area contributed by atoms with Crippen LogP contribution < -0.4 is 5.32 Å². The number of hydrogen-bond acceptors (Lipinski definition) is 5. The largest absolute Gasteiger partial charge is 0.382 e. The lowest BCUT2D eigenvalue weighted by molar-refractivity contribution is 0.0225. The fourth-order valence-electron chi connectivity index (χ4n) is 1.83. The first-order valence-electron chi connectivity index (χ1n) is 7.68. The third-order valence-corrected chi connectivity index (χ3v) is 3.12. The minimum atomic E-state index is 0.341. The first-order chi connectivity index (χ1) is 10.3. The lowest BCUT2D eigenvalue weighted by Crippen LogP contribution is -2.18. The van der Waals surface area contributed by atoms with Crippen LogP contribution in [-0.2, 0) is 20.8 Å². The Morgan fingerprint density at radius 3 is 2.62 bits per heavy atom. The summed E-state index contributed by atoms with van der Waals surface area (Å²) in [4.78, 5) is 0. The zero-order chi connectivity index (χ0) is 15.3. The Labute approximate surface area is 127 Å². The minimum absolute atomic E-state index is 0.341. The van der Waals surface area contributed by atoms with Crippen LogP contribution in [0.4, 0.5) is 0 Å². The van der Waals surface area contributed by atoms with Gasteiger partial charge in [0.2, 0.25) is 0 Å². The van der Waals surface area contributed by atoms with Crippen LogP contribution in [-0.4, -0.2) is 56.5 Å². The van der Waals surface area contributed by atoms with E-state index in [1.54, 1.807) is 7.11 Å². The van der Waals surface area contributed by atoms with Crippen molar-refractivity contribution in [2.24, 2.45) is 0 Å². The number of hydrogen-bond donors (Lipinski definition) is 1. The monoisotopic (exact) mass is 299 g/mol. The molecule has 0 bridgehead atoms. The summed E-state index contributed by atoms with van der Waals surface area (Å²) in [5.41, 5.74) is 1.21. The predicted octanol–water partition coefficient (Wildman–Crippen LogP) is 1.62. The second-order valence-electron chi connectivity index (χ2n) is 4.93. The van der Waals surface area contributed by atoms with Gasteiger partial charge in [0.15, 0.2) is 0 Å². The Morgan fingerprint density at radius 2 is 1.90 bits per heavy atom. The van der Waals surface area contributed by atoms with E-state index in [0.29, 0.717) is 39.1 Å².